The van der Waals surface area contributed by atoms with Gasteiger partial charge in [-0.25, -0.2) is 0 Å². The molecule has 2 aliphatic carbocycles. The molecular weight excluding hydrogens is 340 g/mol. The van der Waals surface area contributed by atoms with Gasteiger partial charge in [0.2, 0.25) is 0 Å². The summed E-state index contributed by atoms with van der Waals surface area (Å²) in [6.45, 7) is 8.10. The number of ether oxygens (including phenoxy) is 2. The first kappa shape index (κ1) is 17.6. The first-order valence-electron chi connectivity index (χ1n) is 8.85. The highest BCUT2D eigenvalue weighted by atomic mass is 32.2. The summed E-state index contributed by atoms with van der Waals surface area (Å²) in [6, 6.07) is 8.93. The summed E-state index contributed by atoms with van der Waals surface area (Å²) in [5, 5.41) is 0.603. The van der Waals surface area contributed by atoms with E-state index in [-0.39, 0.29) is 12.2 Å². The van der Waals surface area contributed by atoms with Crippen LogP contribution in [-0.2, 0) is 15.9 Å². The van der Waals surface area contributed by atoms with E-state index in [2.05, 4.69) is 43.7 Å². The second-order valence-corrected chi connectivity index (χ2v) is 7.86. The van der Waals surface area contributed by atoms with Crippen molar-refractivity contribution in [3.63, 3.8) is 0 Å². The molecule has 0 aromatic heterocycles. The number of methoxy groups -OCH3 is 2. The fraction of sp³-hybridized carbons (Fsp3) is 0.304. The molecule has 0 fully saturated rings. The summed E-state index contributed by atoms with van der Waals surface area (Å²) in [5.74, 6) is 0. The second-order valence-electron chi connectivity index (χ2n) is 6.82. The minimum absolute atomic E-state index is 0.00112. The van der Waals surface area contributed by atoms with Crippen molar-refractivity contribution in [2.75, 3.05) is 20.5 Å². The zero-order chi connectivity index (χ0) is 18.4. The first-order valence-corrected chi connectivity index (χ1v) is 10.1. The van der Waals surface area contributed by atoms with Crippen molar-refractivity contribution < 1.29 is 9.47 Å². The smallest absolute Gasteiger partial charge is 0.113 e. The van der Waals surface area contributed by atoms with Crippen molar-refractivity contribution in [3.8, 4) is 11.1 Å². The fourth-order valence-electron chi connectivity index (χ4n) is 4.33. The first-order chi connectivity index (χ1) is 12.7. The molecule has 0 amide bonds. The predicted octanol–water partition coefficient (Wildman–Crippen LogP) is 5.99. The number of hydrogen-bond donors (Lipinski definition) is 0. The van der Waals surface area contributed by atoms with Crippen LogP contribution in [0.2, 0.25) is 0 Å². The molecule has 2 nitrogen and oxygen atoms in total. The van der Waals surface area contributed by atoms with E-state index in [1.807, 2.05) is 23.9 Å². The third kappa shape index (κ3) is 2.34. The van der Waals surface area contributed by atoms with Gasteiger partial charge in [-0.05, 0) is 69.3 Å². The van der Waals surface area contributed by atoms with Crippen LogP contribution in [0.1, 0.15) is 50.8 Å². The summed E-state index contributed by atoms with van der Waals surface area (Å²) in [5.41, 5.74) is 10.2. The fourth-order valence-corrected chi connectivity index (χ4v) is 5.13. The lowest BCUT2D eigenvalue weighted by Crippen LogP contribution is -2.27. The van der Waals surface area contributed by atoms with Crippen molar-refractivity contribution in [1.29, 1.82) is 0 Å². The van der Waals surface area contributed by atoms with Crippen LogP contribution < -0.4 is 0 Å². The molecule has 134 valence electrons. The Morgan fingerprint density at radius 3 is 2.19 bits per heavy atom. The van der Waals surface area contributed by atoms with Crippen molar-refractivity contribution in [2.45, 2.75) is 23.9 Å². The highest BCUT2D eigenvalue weighted by Gasteiger charge is 2.39. The van der Waals surface area contributed by atoms with E-state index in [0.717, 1.165) is 12.0 Å². The molecule has 4 rings (SSSR count). The summed E-state index contributed by atoms with van der Waals surface area (Å²) in [6.07, 6.45) is 7.19. The number of rotatable bonds is 6. The maximum atomic E-state index is 5.67. The Morgan fingerprint density at radius 1 is 0.962 bits per heavy atom. The Hall–Kier alpha value is -1.81. The Bertz CT molecular complexity index is 900. The zero-order valence-corrected chi connectivity index (χ0v) is 16.4. The largest absolute Gasteiger partial charge is 0.374 e. The van der Waals surface area contributed by atoms with Gasteiger partial charge in [0.15, 0.2) is 0 Å². The monoisotopic (exact) mass is 364 g/mol. The number of hydrogen-bond acceptors (Lipinski definition) is 3. The molecule has 0 saturated carbocycles. The second kappa shape index (κ2) is 6.73. The molecule has 2 aliphatic rings. The van der Waals surface area contributed by atoms with Gasteiger partial charge in [-0.15, -0.1) is 0 Å². The molecule has 0 heterocycles. The molecule has 3 unspecified atom stereocenters. The van der Waals surface area contributed by atoms with Crippen LogP contribution in [0.5, 0.6) is 0 Å². The number of fused-ring (bicyclic) bond motifs is 2. The predicted molar refractivity (Wildman–Crippen MR) is 112 cm³/mol. The van der Waals surface area contributed by atoms with Gasteiger partial charge in [0, 0.05) is 19.5 Å². The Morgan fingerprint density at radius 2 is 1.62 bits per heavy atom. The van der Waals surface area contributed by atoms with Gasteiger partial charge < -0.3 is 9.47 Å². The maximum Gasteiger partial charge on any atom is 0.113 e. The minimum Gasteiger partial charge on any atom is -0.374 e. The van der Waals surface area contributed by atoms with Crippen LogP contribution in [0.15, 0.2) is 37.4 Å². The van der Waals surface area contributed by atoms with E-state index >= 15 is 0 Å². The van der Waals surface area contributed by atoms with Crippen LogP contribution in [0, 0.1) is 0 Å². The lowest BCUT2D eigenvalue weighted by Gasteiger charge is -2.39. The van der Waals surface area contributed by atoms with Crippen LogP contribution in [0.4, 0.5) is 0 Å². The Kier molecular flexibility index (Phi) is 4.55. The van der Waals surface area contributed by atoms with Gasteiger partial charge in [-0.3, -0.25) is 0 Å². The van der Waals surface area contributed by atoms with Gasteiger partial charge in [0.05, 0.1) is 0 Å². The zero-order valence-electron chi connectivity index (χ0n) is 15.5. The molecular formula is C23H24O2S. The van der Waals surface area contributed by atoms with Gasteiger partial charge in [0.1, 0.15) is 12.2 Å². The van der Waals surface area contributed by atoms with E-state index in [9.17, 15) is 0 Å². The third-order valence-electron chi connectivity index (χ3n) is 5.76. The Balaban J connectivity index is 1.92. The summed E-state index contributed by atoms with van der Waals surface area (Å²) < 4.78 is 11.3. The van der Waals surface area contributed by atoms with Crippen LogP contribution >= 0.6 is 11.8 Å². The van der Waals surface area contributed by atoms with Crippen molar-refractivity contribution in [3.05, 3.63) is 70.8 Å². The molecule has 3 heteroatoms. The quantitative estimate of drug-likeness (QED) is 0.627. The molecule has 2 aromatic rings. The molecule has 3 atom stereocenters. The van der Waals surface area contributed by atoms with E-state index in [0.29, 0.717) is 5.25 Å². The molecule has 26 heavy (non-hydrogen) atoms. The molecule has 0 N–H and O–H groups in total. The van der Waals surface area contributed by atoms with Crippen LogP contribution in [0.25, 0.3) is 23.3 Å². The SMILES string of the molecule is C=Cc1cc2c(cc1-c1c(C=C)ccc3c1CC3SC)C(OC)C2OC. The average Bonchev–Trinajstić information content (AvgIpc) is 2.63. The summed E-state index contributed by atoms with van der Waals surface area (Å²) in [4.78, 5) is 0. The third-order valence-corrected chi connectivity index (χ3v) is 6.75. The van der Waals surface area contributed by atoms with Crippen molar-refractivity contribution >= 4 is 23.9 Å². The molecule has 0 spiro atoms. The lowest BCUT2D eigenvalue weighted by atomic mass is 9.74. The lowest BCUT2D eigenvalue weighted by molar-refractivity contribution is -0.0652. The van der Waals surface area contributed by atoms with Crippen molar-refractivity contribution in [1.82, 2.24) is 0 Å². The molecule has 0 aliphatic heterocycles. The average molecular weight is 365 g/mol. The molecule has 0 saturated heterocycles. The standard InChI is InChI=1S/C23H24O2S/c1-6-13-8-9-15-17(12-20(15)26-5)21(13)16-11-19-18(10-14(16)7-2)22(24-3)23(19)25-4/h6-11,20,22-23H,1-2,12H2,3-5H3. The number of benzene rings is 2. The van der Waals surface area contributed by atoms with Gasteiger partial charge >= 0.3 is 0 Å². The minimum atomic E-state index is -0.00619. The topological polar surface area (TPSA) is 18.5 Å². The van der Waals surface area contributed by atoms with E-state index in [4.69, 9.17) is 9.47 Å². The van der Waals surface area contributed by atoms with E-state index < -0.39 is 0 Å². The summed E-state index contributed by atoms with van der Waals surface area (Å²) in [7, 11) is 3.48. The van der Waals surface area contributed by atoms with E-state index in [1.54, 1.807) is 14.2 Å². The van der Waals surface area contributed by atoms with Gasteiger partial charge in [-0.1, -0.05) is 37.4 Å². The van der Waals surface area contributed by atoms with Crippen molar-refractivity contribution in [2.24, 2.45) is 0 Å². The summed E-state index contributed by atoms with van der Waals surface area (Å²) >= 11 is 1.92. The van der Waals surface area contributed by atoms with Crippen LogP contribution in [-0.4, -0.2) is 20.5 Å². The van der Waals surface area contributed by atoms with E-state index in [1.165, 1.54) is 38.9 Å². The highest BCUT2D eigenvalue weighted by Crippen LogP contribution is 2.52. The van der Waals surface area contributed by atoms with Gasteiger partial charge in [-0.2, -0.15) is 11.8 Å². The normalized spacial score (nSPS) is 22.7. The molecule has 2 aromatic carbocycles. The highest BCUT2D eigenvalue weighted by molar-refractivity contribution is 7.98. The molecule has 0 radical (unpaired) electrons. The van der Waals surface area contributed by atoms with Gasteiger partial charge in [0.25, 0.3) is 0 Å². The maximum absolute atomic E-state index is 5.67. The molecule has 0 bridgehead atoms. The Labute approximate surface area is 159 Å². The van der Waals surface area contributed by atoms with Crippen LogP contribution in [0.3, 0.4) is 0 Å². The number of thioether (sulfide) groups is 1.